The minimum absolute atomic E-state index is 0.141. The van der Waals surface area contributed by atoms with Crippen LogP contribution in [0.15, 0.2) is 46.5 Å². The number of Topliss-reactive ketones (excluding diaryl/α,β-unsaturated/α-hetero) is 1. The molecule has 0 saturated heterocycles. The molecule has 2 aliphatic carbocycles. The number of halogens is 3. The van der Waals surface area contributed by atoms with Gasteiger partial charge in [0.2, 0.25) is 0 Å². The van der Waals surface area contributed by atoms with E-state index < -0.39 is 47.3 Å². The van der Waals surface area contributed by atoms with Gasteiger partial charge in [0.25, 0.3) is 11.8 Å². The summed E-state index contributed by atoms with van der Waals surface area (Å²) in [7, 11) is 0. The maximum atomic E-state index is 13.6. The monoisotopic (exact) mass is 525 g/mol. The fraction of sp³-hybridized carbons (Fsp3) is 0.458. The van der Waals surface area contributed by atoms with Crippen molar-refractivity contribution in [3.63, 3.8) is 0 Å². The molecule has 2 N–H and O–H groups in total. The van der Waals surface area contributed by atoms with Crippen LogP contribution in [0.4, 0.5) is 13.6 Å². The number of amides is 2. The minimum atomic E-state index is -2.93. The Morgan fingerprint density at radius 3 is 2.46 bits per heavy atom. The van der Waals surface area contributed by atoms with Crippen LogP contribution in [-0.2, 0) is 20.7 Å². The third-order valence-corrected chi connectivity index (χ3v) is 7.10. The van der Waals surface area contributed by atoms with Crippen molar-refractivity contribution in [3.05, 3.63) is 57.1 Å². The minimum Gasteiger partial charge on any atom is -0.443 e. The zero-order valence-electron chi connectivity index (χ0n) is 19.7. The number of rotatable bonds is 5. The first-order valence-electron chi connectivity index (χ1n) is 11.1. The topological polar surface area (TPSA) is 87.7 Å². The molecular weight excluding hydrogens is 500 g/mol. The maximum absolute atomic E-state index is 13.6. The van der Waals surface area contributed by atoms with Gasteiger partial charge in [-0.25, -0.2) is 19.0 Å². The molecule has 1 saturated carbocycles. The van der Waals surface area contributed by atoms with E-state index in [1.54, 1.807) is 52.0 Å². The molecule has 0 radical (unpaired) electrons. The summed E-state index contributed by atoms with van der Waals surface area (Å²) in [6, 6.07) is 5.73. The Morgan fingerprint density at radius 2 is 1.89 bits per heavy atom. The second-order valence-electron chi connectivity index (χ2n) is 9.75. The van der Waals surface area contributed by atoms with Gasteiger partial charge < -0.3 is 10.1 Å². The highest BCUT2D eigenvalue weighted by molar-refractivity contribution is 8.04. The number of carbonyl (C=O) groups excluding carboxylic acids is 3. The highest BCUT2D eigenvalue weighted by Crippen LogP contribution is 2.47. The van der Waals surface area contributed by atoms with Gasteiger partial charge in [0, 0.05) is 17.4 Å². The number of benzene rings is 1. The molecule has 0 bridgehead atoms. The van der Waals surface area contributed by atoms with E-state index in [1.807, 2.05) is 0 Å². The highest BCUT2D eigenvalue weighted by atomic mass is 35.5. The summed E-state index contributed by atoms with van der Waals surface area (Å²) in [5.74, 6) is -4.64. The third-order valence-electron chi connectivity index (χ3n) is 5.65. The van der Waals surface area contributed by atoms with E-state index >= 15 is 0 Å². The van der Waals surface area contributed by atoms with E-state index in [1.165, 1.54) is 22.8 Å². The molecule has 35 heavy (non-hydrogen) atoms. The molecule has 4 rings (SSSR count). The number of allylic oxidation sites excluding steroid dienone is 2. The van der Waals surface area contributed by atoms with Gasteiger partial charge in [0.15, 0.2) is 5.78 Å². The van der Waals surface area contributed by atoms with Crippen LogP contribution in [0.3, 0.4) is 0 Å². The average Bonchev–Trinajstić information content (AvgIpc) is 3.20. The number of ketones is 1. The van der Waals surface area contributed by atoms with Crippen LogP contribution >= 0.6 is 23.4 Å². The first kappa shape index (κ1) is 25.5. The van der Waals surface area contributed by atoms with E-state index in [2.05, 4.69) is 10.7 Å². The Morgan fingerprint density at radius 1 is 1.26 bits per heavy atom. The number of hydrazine groups is 1. The normalized spacial score (nSPS) is 25.1. The number of hydrogen-bond acceptors (Lipinski definition) is 6. The second kappa shape index (κ2) is 9.13. The van der Waals surface area contributed by atoms with Crippen LogP contribution in [-0.4, -0.2) is 45.7 Å². The Kier molecular flexibility index (Phi) is 6.65. The SMILES string of the molecule is C[C@H]1SC2=C(C(=O)C(Cc3ccc(Cl)cc3)C=C2C(=O)NC2CC2(F)F)N1NC(=O)OC(C)(C)C. The molecule has 3 atom stereocenters. The molecule has 2 unspecified atom stereocenters. The molecule has 0 spiro atoms. The number of ether oxygens (including phenoxy) is 1. The lowest BCUT2D eigenvalue weighted by molar-refractivity contribution is -0.120. The fourth-order valence-electron chi connectivity index (χ4n) is 3.88. The summed E-state index contributed by atoms with van der Waals surface area (Å²) < 4.78 is 32.3. The Hall–Kier alpha value is -2.59. The van der Waals surface area contributed by atoms with Crippen LogP contribution in [0.5, 0.6) is 0 Å². The lowest BCUT2D eigenvalue weighted by atomic mass is 9.86. The van der Waals surface area contributed by atoms with Gasteiger partial charge in [-0.2, -0.15) is 0 Å². The van der Waals surface area contributed by atoms with Crippen molar-refractivity contribution < 1.29 is 27.9 Å². The van der Waals surface area contributed by atoms with Gasteiger partial charge in [-0.05, 0) is 51.8 Å². The van der Waals surface area contributed by atoms with Crippen molar-refractivity contribution in [1.82, 2.24) is 15.8 Å². The zero-order chi connectivity index (χ0) is 25.7. The molecule has 1 aromatic rings. The molecule has 0 aromatic heterocycles. The van der Waals surface area contributed by atoms with Crippen LogP contribution in [0.25, 0.3) is 0 Å². The predicted octanol–water partition coefficient (Wildman–Crippen LogP) is 4.58. The van der Waals surface area contributed by atoms with Crippen molar-refractivity contribution in [2.75, 3.05) is 0 Å². The Labute approximate surface area is 211 Å². The van der Waals surface area contributed by atoms with Crippen molar-refractivity contribution in [1.29, 1.82) is 0 Å². The number of nitrogens with one attached hydrogen (secondary N) is 2. The Bertz CT molecular complexity index is 1130. The van der Waals surface area contributed by atoms with E-state index in [4.69, 9.17) is 16.3 Å². The van der Waals surface area contributed by atoms with Crippen molar-refractivity contribution in [2.24, 2.45) is 5.92 Å². The summed E-state index contributed by atoms with van der Waals surface area (Å²) in [4.78, 5) is 39.4. The summed E-state index contributed by atoms with van der Waals surface area (Å²) >= 11 is 7.16. The molecule has 1 aromatic carbocycles. The fourth-order valence-corrected chi connectivity index (χ4v) is 5.21. The lowest BCUT2D eigenvalue weighted by Gasteiger charge is -2.30. The molecule has 2 amide bonds. The van der Waals surface area contributed by atoms with E-state index in [0.29, 0.717) is 9.93 Å². The Balaban J connectivity index is 1.65. The molecule has 1 aliphatic heterocycles. The van der Waals surface area contributed by atoms with E-state index in [-0.39, 0.29) is 23.5 Å². The van der Waals surface area contributed by atoms with Crippen LogP contribution < -0.4 is 10.7 Å². The van der Waals surface area contributed by atoms with Crippen LogP contribution in [0.1, 0.15) is 39.7 Å². The first-order chi connectivity index (χ1) is 16.2. The van der Waals surface area contributed by atoms with E-state index in [9.17, 15) is 23.2 Å². The largest absolute Gasteiger partial charge is 0.443 e. The number of alkyl halides is 2. The van der Waals surface area contributed by atoms with Gasteiger partial charge in [-0.1, -0.05) is 41.6 Å². The number of thioether (sulfide) groups is 1. The molecule has 7 nitrogen and oxygen atoms in total. The smallest absolute Gasteiger partial charge is 0.426 e. The summed E-state index contributed by atoms with van der Waals surface area (Å²) in [6.07, 6.45) is 0.630. The number of carbonyl (C=O) groups is 3. The predicted molar refractivity (Wildman–Crippen MR) is 129 cm³/mol. The molecule has 11 heteroatoms. The molecule has 188 valence electrons. The molecular formula is C24H26ClF2N3O4S. The molecule has 3 aliphatic rings. The summed E-state index contributed by atoms with van der Waals surface area (Å²) in [5, 5.41) is 3.86. The molecule has 1 fully saturated rings. The van der Waals surface area contributed by atoms with Gasteiger partial charge >= 0.3 is 6.09 Å². The average molecular weight is 526 g/mol. The quantitative estimate of drug-likeness (QED) is 0.585. The van der Waals surface area contributed by atoms with Crippen LogP contribution in [0, 0.1) is 5.92 Å². The number of hydrogen-bond donors (Lipinski definition) is 2. The lowest BCUT2D eigenvalue weighted by Crippen LogP contribution is -2.48. The number of nitrogens with zero attached hydrogens (tertiary/aromatic N) is 1. The van der Waals surface area contributed by atoms with Gasteiger partial charge in [0.1, 0.15) is 11.3 Å². The third kappa shape index (κ3) is 5.64. The van der Waals surface area contributed by atoms with Crippen molar-refractivity contribution in [2.45, 2.75) is 63.5 Å². The second-order valence-corrected chi connectivity index (χ2v) is 11.5. The van der Waals surface area contributed by atoms with Gasteiger partial charge in [-0.3, -0.25) is 14.6 Å². The van der Waals surface area contributed by atoms with Crippen LogP contribution in [0.2, 0.25) is 5.02 Å². The summed E-state index contributed by atoms with van der Waals surface area (Å²) in [5.41, 5.74) is 2.95. The zero-order valence-corrected chi connectivity index (χ0v) is 21.2. The first-order valence-corrected chi connectivity index (χ1v) is 12.4. The van der Waals surface area contributed by atoms with Crippen molar-refractivity contribution in [3.8, 4) is 0 Å². The van der Waals surface area contributed by atoms with E-state index in [0.717, 1.165) is 5.56 Å². The standard InChI is InChI=1S/C24H26ClF2N3O4S/c1-12-30(29-22(33)34-23(2,3)4)18-19(31)14(9-13-5-7-15(25)8-6-13)10-16(20(18)35-12)21(32)28-17-11-24(17,26)27/h5-8,10,12,14,17H,9,11H2,1-4H3,(H,28,32)(H,29,33)/t12-,14?,17?/m1/s1. The van der Waals surface area contributed by atoms with Gasteiger partial charge in [-0.15, -0.1) is 0 Å². The maximum Gasteiger partial charge on any atom is 0.426 e. The van der Waals surface area contributed by atoms with Gasteiger partial charge in [0.05, 0.1) is 21.9 Å². The highest BCUT2D eigenvalue weighted by Gasteiger charge is 2.58. The van der Waals surface area contributed by atoms with Crippen molar-refractivity contribution >= 4 is 41.1 Å². The molecule has 1 heterocycles. The summed E-state index contributed by atoms with van der Waals surface area (Å²) in [6.45, 7) is 6.90.